The summed E-state index contributed by atoms with van der Waals surface area (Å²) in [5.41, 5.74) is 7.91. The molecule has 0 spiro atoms. The number of benzene rings is 2. The quantitative estimate of drug-likeness (QED) is 0.473. The summed E-state index contributed by atoms with van der Waals surface area (Å²) in [6, 6.07) is 12.3. The van der Waals surface area contributed by atoms with Crippen molar-refractivity contribution in [2.45, 2.75) is 69.5 Å². The molecule has 0 unspecified atom stereocenters. The fourth-order valence-electron chi connectivity index (χ4n) is 5.07. The highest BCUT2D eigenvalue weighted by Gasteiger charge is 2.38. The van der Waals surface area contributed by atoms with E-state index < -0.39 is 21.7 Å². The van der Waals surface area contributed by atoms with Crippen LogP contribution in [0.1, 0.15) is 48.3 Å². The largest absolute Gasteiger partial charge is 0.360 e. The fourth-order valence-corrected chi connectivity index (χ4v) is 7.04. The van der Waals surface area contributed by atoms with Gasteiger partial charge in [-0.3, -0.25) is 0 Å². The zero-order chi connectivity index (χ0) is 25.2. The highest BCUT2D eigenvalue weighted by molar-refractivity contribution is 7.89. The molecule has 1 aliphatic carbocycles. The summed E-state index contributed by atoms with van der Waals surface area (Å²) >= 11 is 0. The molecule has 2 N–H and O–H groups in total. The van der Waals surface area contributed by atoms with Crippen LogP contribution in [0.3, 0.4) is 0 Å². The lowest BCUT2D eigenvalue weighted by molar-refractivity contribution is 0.193. The minimum Gasteiger partial charge on any atom is -0.360 e. The Kier molecular flexibility index (Phi) is 7.68. The first-order chi connectivity index (χ1) is 16.7. The molecule has 1 fully saturated rings. The molecule has 0 saturated heterocycles. The monoisotopic (exact) mass is 503 g/mol. The molecule has 3 aromatic rings. The van der Waals surface area contributed by atoms with Crippen molar-refractivity contribution in [1.82, 2.24) is 9.46 Å². The third-order valence-corrected chi connectivity index (χ3v) is 9.08. The summed E-state index contributed by atoms with van der Waals surface area (Å²) in [7, 11) is -3.86. The molecular formula is C26H31F2N3O3S. The van der Waals surface area contributed by atoms with Gasteiger partial charge in [-0.2, -0.15) is 4.31 Å². The second-order valence-corrected chi connectivity index (χ2v) is 11.2. The van der Waals surface area contributed by atoms with Gasteiger partial charge < -0.3 is 10.3 Å². The Morgan fingerprint density at radius 1 is 1.09 bits per heavy atom. The average molecular weight is 504 g/mol. The molecule has 0 amide bonds. The Bertz CT molecular complexity index is 1240. The third kappa shape index (κ3) is 5.63. The smallest absolute Gasteiger partial charge is 0.249 e. The number of nitrogens with zero attached hydrogens (tertiary/aromatic N) is 2. The van der Waals surface area contributed by atoms with E-state index in [0.29, 0.717) is 31.4 Å². The predicted molar refractivity (Wildman–Crippen MR) is 129 cm³/mol. The molecule has 4 rings (SSSR count). The summed E-state index contributed by atoms with van der Waals surface area (Å²) in [6.07, 6.45) is 2.89. The predicted octanol–water partition coefficient (Wildman–Crippen LogP) is 4.89. The van der Waals surface area contributed by atoms with Gasteiger partial charge in [-0.15, -0.1) is 0 Å². The van der Waals surface area contributed by atoms with Crippen molar-refractivity contribution in [1.29, 1.82) is 0 Å². The Balaban J connectivity index is 1.52. The molecule has 35 heavy (non-hydrogen) atoms. The van der Waals surface area contributed by atoms with Gasteiger partial charge in [0.15, 0.2) is 5.76 Å². The zero-order valence-corrected chi connectivity index (χ0v) is 20.8. The number of hydrogen-bond donors (Lipinski definition) is 1. The van der Waals surface area contributed by atoms with E-state index in [1.54, 1.807) is 18.2 Å². The van der Waals surface area contributed by atoms with Crippen molar-refractivity contribution in [2.75, 3.05) is 0 Å². The number of rotatable bonds is 8. The number of aryl methyl sites for hydroxylation is 2. The highest BCUT2D eigenvalue weighted by Crippen LogP contribution is 2.35. The number of halogens is 2. The number of hydrogen-bond acceptors (Lipinski definition) is 5. The van der Waals surface area contributed by atoms with Crippen LogP contribution in [0.2, 0.25) is 0 Å². The minimum atomic E-state index is -3.86. The lowest BCUT2D eigenvalue weighted by Gasteiger charge is -2.38. The number of sulfonamides is 1. The van der Waals surface area contributed by atoms with Crippen LogP contribution in [0.25, 0.3) is 0 Å². The first-order valence-corrected chi connectivity index (χ1v) is 13.3. The Morgan fingerprint density at radius 2 is 1.77 bits per heavy atom. The van der Waals surface area contributed by atoms with Crippen LogP contribution in [0.15, 0.2) is 57.9 Å². The summed E-state index contributed by atoms with van der Waals surface area (Å²) < 4.78 is 62.0. The molecule has 0 radical (unpaired) electrons. The van der Waals surface area contributed by atoms with E-state index >= 15 is 0 Å². The fraction of sp³-hybridized carbons (Fsp3) is 0.423. The molecular weight excluding hydrogens is 472 g/mol. The molecule has 0 aliphatic heterocycles. The van der Waals surface area contributed by atoms with E-state index in [-0.39, 0.29) is 47.2 Å². The van der Waals surface area contributed by atoms with Gasteiger partial charge in [0.05, 0.1) is 0 Å². The molecule has 1 heterocycles. The topological polar surface area (TPSA) is 89.4 Å². The lowest BCUT2D eigenvalue weighted by atomic mass is 9.80. The van der Waals surface area contributed by atoms with E-state index in [1.165, 1.54) is 6.07 Å². The second-order valence-electron chi connectivity index (χ2n) is 9.36. The van der Waals surface area contributed by atoms with Gasteiger partial charge in [-0.05, 0) is 81.2 Å². The van der Waals surface area contributed by atoms with Crippen LogP contribution < -0.4 is 5.73 Å². The Labute approximate surface area is 205 Å². The van der Waals surface area contributed by atoms with Gasteiger partial charge in [-0.1, -0.05) is 35.5 Å². The molecule has 188 valence electrons. The van der Waals surface area contributed by atoms with Crippen LogP contribution in [0.4, 0.5) is 8.78 Å². The van der Waals surface area contributed by atoms with Gasteiger partial charge in [0.25, 0.3) is 0 Å². The lowest BCUT2D eigenvalue weighted by Crippen LogP contribution is -2.44. The van der Waals surface area contributed by atoms with E-state index in [0.717, 1.165) is 17.7 Å². The standard InChI is InChI=1S/C26H31F2N3O3S/c1-17-26(18(2)34-30-17)35(32,33)31(16-19-6-4-3-5-7-19)23-11-8-20(9-12-23)25(29)15-21-14-22(27)10-13-24(21)28/h3-7,10,13-14,20,23,25H,8-9,11-12,15-16,29H2,1-2H3/t20?,23?,25-/m1/s1. The van der Waals surface area contributed by atoms with Crippen molar-refractivity contribution >= 4 is 10.0 Å². The maximum atomic E-state index is 14.1. The second kappa shape index (κ2) is 10.6. The maximum absolute atomic E-state index is 14.1. The van der Waals surface area contributed by atoms with E-state index in [4.69, 9.17) is 10.3 Å². The molecule has 0 bridgehead atoms. The van der Waals surface area contributed by atoms with Crippen LogP contribution >= 0.6 is 0 Å². The van der Waals surface area contributed by atoms with E-state index in [2.05, 4.69) is 5.16 Å². The molecule has 2 aromatic carbocycles. The number of aromatic nitrogens is 1. The Morgan fingerprint density at radius 3 is 2.40 bits per heavy atom. The summed E-state index contributed by atoms with van der Waals surface area (Å²) in [5, 5.41) is 3.85. The minimum absolute atomic E-state index is 0.0919. The van der Waals surface area contributed by atoms with E-state index in [1.807, 2.05) is 30.3 Å². The Hall–Kier alpha value is -2.62. The average Bonchev–Trinajstić information content (AvgIpc) is 3.19. The van der Waals surface area contributed by atoms with Crippen molar-refractivity contribution < 1.29 is 21.7 Å². The molecule has 9 heteroatoms. The molecule has 6 nitrogen and oxygen atoms in total. The van der Waals surface area contributed by atoms with Gasteiger partial charge in [0.2, 0.25) is 10.0 Å². The summed E-state index contributed by atoms with van der Waals surface area (Å²) in [5.74, 6) is -0.587. The number of nitrogens with two attached hydrogens (primary N) is 1. The maximum Gasteiger partial charge on any atom is 0.249 e. The zero-order valence-electron chi connectivity index (χ0n) is 20.0. The van der Waals surface area contributed by atoms with Crippen LogP contribution in [0, 0.1) is 31.4 Å². The van der Waals surface area contributed by atoms with Crippen LogP contribution in [0.5, 0.6) is 0 Å². The molecule has 1 atom stereocenters. The van der Waals surface area contributed by atoms with Gasteiger partial charge in [0.1, 0.15) is 22.2 Å². The van der Waals surface area contributed by atoms with Crippen molar-refractivity contribution in [3.05, 3.63) is 82.7 Å². The van der Waals surface area contributed by atoms with Gasteiger partial charge in [0, 0.05) is 18.6 Å². The molecule has 1 aliphatic rings. The van der Waals surface area contributed by atoms with Crippen molar-refractivity contribution in [2.24, 2.45) is 11.7 Å². The van der Waals surface area contributed by atoms with E-state index in [9.17, 15) is 17.2 Å². The first-order valence-electron chi connectivity index (χ1n) is 11.8. The van der Waals surface area contributed by atoms with Crippen molar-refractivity contribution in [3.8, 4) is 0 Å². The third-order valence-electron chi connectivity index (χ3n) is 6.93. The normalized spacial score (nSPS) is 19.7. The van der Waals surface area contributed by atoms with Crippen molar-refractivity contribution in [3.63, 3.8) is 0 Å². The SMILES string of the molecule is Cc1noc(C)c1S(=O)(=O)N(Cc1ccccc1)C1CCC([C@H](N)Cc2cc(F)ccc2F)CC1. The van der Waals surface area contributed by atoms with Crippen LogP contribution in [-0.4, -0.2) is 30.0 Å². The molecule has 1 aromatic heterocycles. The first kappa shape index (κ1) is 25.5. The summed E-state index contributed by atoms with van der Waals surface area (Å²) in [4.78, 5) is 0.119. The highest BCUT2D eigenvalue weighted by atomic mass is 32.2. The van der Waals surface area contributed by atoms with Crippen LogP contribution in [-0.2, 0) is 23.0 Å². The van der Waals surface area contributed by atoms with Gasteiger partial charge in [-0.25, -0.2) is 17.2 Å². The van der Waals surface area contributed by atoms with Gasteiger partial charge >= 0.3 is 0 Å². The molecule has 1 saturated carbocycles. The summed E-state index contributed by atoms with van der Waals surface area (Å²) in [6.45, 7) is 3.48.